The van der Waals surface area contributed by atoms with Crippen molar-refractivity contribution < 1.29 is 18.9 Å². The number of morpholine rings is 1. The van der Waals surface area contributed by atoms with E-state index in [1.807, 2.05) is 4.90 Å². The third-order valence-electron chi connectivity index (χ3n) is 6.45. The number of hydrogen-bond donors (Lipinski definition) is 0. The lowest BCUT2D eigenvalue weighted by atomic mass is 10.1. The molecule has 34 heavy (non-hydrogen) atoms. The maximum atomic E-state index is 14.9. The highest BCUT2D eigenvalue weighted by Gasteiger charge is 2.45. The molecule has 3 aromatic rings. The zero-order valence-corrected chi connectivity index (χ0v) is 19.8. The van der Waals surface area contributed by atoms with Crippen LogP contribution < -0.4 is 10.5 Å². The molecule has 2 fully saturated rings. The van der Waals surface area contributed by atoms with E-state index >= 15 is 0 Å². The first kappa shape index (κ1) is 22.7. The summed E-state index contributed by atoms with van der Waals surface area (Å²) in [5.74, 6) is 0.0759. The number of halogens is 2. The van der Waals surface area contributed by atoms with Crippen LogP contribution in [-0.4, -0.2) is 57.2 Å². The van der Waals surface area contributed by atoms with Gasteiger partial charge in [-0.2, -0.15) is 0 Å². The molecule has 0 spiro atoms. The van der Waals surface area contributed by atoms with Crippen LogP contribution in [0.1, 0.15) is 24.6 Å². The largest absolute Gasteiger partial charge is 0.370 e. The first-order valence-electron chi connectivity index (χ1n) is 11.1. The topological polar surface area (TPSA) is 89.0 Å². The van der Waals surface area contributed by atoms with Gasteiger partial charge in [0.15, 0.2) is 5.82 Å². The first-order chi connectivity index (χ1) is 16.2. The summed E-state index contributed by atoms with van der Waals surface area (Å²) in [4.78, 5) is 42.3. The van der Waals surface area contributed by atoms with Crippen LogP contribution in [0.5, 0.6) is 0 Å². The van der Waals surface area contributed by atoms with Gasteiger partial charge in [-0.3, -0.25) is 4.79 Å². The maximum Gasteiger partial charge on any atom is 0.262 e. The molecular weight excluding hydrogens is 465 g/mol. The van der Waals surface area contributed by atoms with E-state index in [0.29, 0.717) is 53.8 Å². The lowest BCUT2D eigenvalue weighted by Gasteiger charge is -2.34. The molecule has 0 saturated carbocycles. The van der Waals surface area contributed by atoms with Gasteiger partial charge in [-0.1, -0.05) is 11.6 Å². The summed E-state index contributed by atoms with van der Waals surface area (Å²) in [6.07, 6.45) is -0.141. The van der Waals surface area contributed by atoms with Crippen molar-refractivity contribution in [3.8, 4) is 11.4 Å². The van der Waals surface area contributed by atoms with Gasteiger partial charge in [0.1, 0.15) is 23.4 Å². The summed E-state index contributed by atoms with van der Waals surface area (Å²) in [5, 5.41) is 0.244. The molecule has 2 aromatic heterocycles. The zero-order valence-electron chi connectivity index (χ0n) is 19.0. The summed E-state index contributed by atoms with van der Waals surface area (Å²) in [5.41, 5.74) is 1.25. The van der Waals surface area contributed by atoms with Crippen LogP contribution in [-0.2, 0) is 9.57 Å². The third-order valence-corrected chi connectivity index (χ3v) is 6.68. The van der Waals surface area contributed by atoms with E-state index in [1.165, 1.54) is 16.5 Å². The summed E-state index contributed by atoms with van der Waals surface area (Å²) >= 11 is 5.95. The Bertz CT molecular complexity index is 1360. The highest BCUT2D eigenvalue weighted by atomic mass is 35.5. The van der Waals surface area contributed by atoms with Crippen molar-refractivity contribution in [2.24, 2.45) is 0 Å². The molecule has 2 aliphatic heterocycles. The summed E-state index contributed by atoms with van der Waals surface area (Å²) in [7, 11) is 0. The Morgan fingerprint density at radius 3 is 2.71 bits per heavy atom. The van der Waals surface area contributed by atoms with E-state index in [2.05, 4.69) is 4.98 Å². The highest BCUT2D eigenvalue weighted by molar-refractivity contribution is 6.30. The van der Waals surface area contributed by atoms with Crippen molar-refractivity contribution in [2.45, 2.75) is 45.4 Å². The van der Waals surface area contributed by atoms with Gasteiger partial charge in [-0.25, -0.2) is 23.6 Å². The minimum Gasteiger partial charge on any atom is -0.370 e. The van der Waals surface area contributed by atoms with Crippen LogP contribution in [0.3, 0.4) is 0 Å². The highest BCUT2D eigenvalue weighted by Crippen LogP contribution is 2.29. The monoisotopic (exact) mass is 488 g/mol. The fourth-order valence-corrected chi connectivity index (χ4v) is 4.54. The Kier molecular flexibility index (Phi) is 5.73. The number of rotatable bonds is 3. The van der Waals surface area contributed by atoms with Crippen LogP contribution in [0.4, 0.5) is 10.2 Å². The molecule has 178 valence electrons. The van der Waals surface area contributed by atoms with Crippen LogP contribution in [0, 0.1) is 24.6 Å². The number of anilines is 1. The van der Waals surface area contributed by atoms with Gasteiger partial charge in [-0.15, -0.1) is 0 Å². The molecule has 3 unspecified atom stereocenters. The Morgan fingerprint density at radius 1 is 1.21 bits per heavy atom. The number of ether oxygens (including phenoxy) is 1. The summed E-state index contributed by atoms with van der Waals surface area (Å²) in [6, 6.07) is 5.71. The molecular formula is C23H24ClFN5O4+. The minimum absolute atomic E-state index is 0.141. The second-order valence-corrected chi connectivity index (χ2v) is 9.19. The molecule has 0 amide bonds. The molecule has 4 heterocycles. The van der Waals surface area contributed by atoms with Crippen molar-refractivity contribution >= 4 is 23.1 Å². The fourth-order valence-electron chi connectivity index (χ4n) is 4.38. The fraction of sp³-hybridized carbons (Fsp3) is 0.435. The molecule has 1 aromatic carbocycles. The van der Waals surface area contributed by atoms with Crippen molar-refractivity contribution in [3.05, 3.63) is 61.6 Å². The average molecular weight is 489 g/mol. The smallest absolute Gasteiger partial charge is 0.262 e. The van der Waals surface area contributed by atoms with Gasteiger partial charge in [0, 0.05) is 42.4 Å². The first-order valence-corrected chi connectivity index (χ1v) is 11.5. The zero-order chi connectivity index (χ0) is 24.1. The Labute approximate surface area is 199 Å². The number of hydrogen-bond acceptors (Lipinski definition) is 7. The number of aromatic nitrogens is 3. The predicted octanol–water partition coefficient (Wildman–Crippen LogP) is 3.24. The molecule has 0 bridgehead atoms. The molecule has 3 atom stereocenters. The molecule has 2 saturated heterocycles. The second kappa shape index (κ2) is 8.59. The van der Waals surface area contributed by atoms with E-state index in [9.17, 15) is 14.1 Å². The number of benzene rings is 1. The Hall–Kier alpha value is -3.11. The summed E-state index contributed by atoms with van der Waals surface area (Å²) < 4.78 is 22.2. The Morgan fingerprint density at radius 2 is 2.00 bits per heavy atom. The average Bonchev–Trinajstić information content (AvgIpc) is 3.15. The van der Waals surface area contributed by atoms with Crippen LogP contribution in [0.15, 0.2) is 29.1 Å². The van der Waals surface area contributed by atoms with Gasteiger partial charge in [-0.05, 0) is 32.0 Å². The normalized spacial score (nSPS) is 22.9. The van der Waals surface area contributed by atoms with Gasteiger partial charge < -0.3 is 9.64 Å². The van der Waals surface area contributed by atoms with Gasteiger partial charge in [0.25, 0.3) is 11.6 Å². The van der Waals surface area contributed by atoms with E-state index in [4.69, 9.17) is 26.2 Å². The maximum absolute atomic E-state index is 14.9. The molecule has 0 aliphatic carbocycles. The minimum atomic E-state index is -0.590. The van der Waals surface area contributed by atoms with Crippen LogP contribution >= 0.6 is 11.6 Å². The molecule has 0 N–H and O–H groups in total. The standard InChI is InChI=1S/C23H24ClFN5O4/c1-12-8-18(34-30(12)32)19-11-28(6-7-33-19)20-10-21-26-14(3)13(2)23(31)29(21)22(27-20)16-5-4-15(24)9-17(16)25/h4-5,9-10,12,18-19H,6-8,11H2,1-3H3/q+1. The van der Waals surface area contributed by atoms with Gasteiger partial charge >= 0.3 is 0 Å². The van der Waals surface area contributed by atoms with E-state index in [0.717, 1.165) is 0 Å². The van der Waals surface area contributed by atoms with Crippen LogP contribution in [0.2, 0.25) is 5.02 Å². The van der Waals surface area contributed by atoms with Crippen molar-refractivity contribution in [3.63, 3.8) is 0 Å². The molecule has 2 aliphatic rings. The second-order valence-electron chi connectivity index (χ2n) is 8.75. The predicted molar refractivity (Wildman–Crippen MR) is 124 cm³/mol. The molecule has 9 nitrogen and oxygen atoms in total. The SMILES string of the molecule is Cc1nc2cc(N3CCOC(C4CC(C)[N+](=O)O4)C3)nc(-c3ccc(Cl)cc3F)n2c(=O)c1C. The summed E-state index contributed by atoms with van der Waals surface area (Å²) in [6.45, 7) is 6.60. The van der Waals surface area contributed by atoms with Gasteiger partial charge in [0.05, 0.1) is 23.5 Å². The molecule has 0 radical (unpaired) electrons. The van der Waals surface area contributed by atoms with Gasteiger partial charge in [0.2, 0.25) is 11.0 Å². The third kappa shape index (κ3) is 3.90. The lowest BCUT2D eigenvalue weighted by Crippen LogP contribution is -2.48. The van der Waals surface area contributed by atoms with E-state index in [1.54, 1.807) is 32.9 Å². The molecule has 5 rings (SSSR count). The number of nitrogens with zero attached hydrogens (tertiary/aromatic N) is 5. The number of fused-ring (bicyclic) bond motifs is 1. The quantitative estimate of drug-likeness (QED) is 0.559. The van der Waals surface area contributed by atoms with E-state index < -0.39 is 5.82 Å². The lowest BCUT2D eigenvalue weighted by molar-refractivity contribution is -0.807. The van der Waals surface area contributed by atoms with Crippen molar-refractivity contribution in [1.29, 1.82) is 0 Å². The number of aryl methyl sites for hydroxylation is 1. The van der Waals surface area contributed by atoms with Crippen LogP contribution in [0.25, 0.3) is 17.0 Å². The molecule has 11 heteroatoms. The van der Waals surface area contributed by atoms with E-state index in [-0.39, 0.29) is 40.2 Å². The van der Waals surface area contributed by atoms with Crippen molar-refractivity contribution in [1.82, 2.24) is 14.4 Å². The Balaban J connectivity index is 1.61. The van der Waals surface area contributed by atoms with Crippen molar-refractivity contribution in [2.75, 3.05) is 24.6 Å².